The third kappa shape index (κ3) is 4.08. The quantitative estimate of drug-likeness (QED) is 0.124. The fourth-order valence-corrected chi connectivity index (χ4v) is 15.5. The molecule has 9 aromatic rings. The number of rotatable bonds is 5. The number of fused-ring (bicyclic) bond motifs is 3. The van der Waals surface area contributed by atoms with Crippen LogP contribution in [0, 0.1) is 0 Å². The summed E-state index contributed by atoms with van der Waals surface area (Å²) < 4.78 is 48.5. The summed E-state index contributed by atoms with van der Waals surface area (Å²) in [6.45, 7) is 0. The Bertz CT molecular complexity index is 3030. The fourth-order valence-electron chi connectivity index (χ4n) is 9.54. The van der Waals surface area contributed by atoms with Gasteiger partial charge in [-0.05, 0) is 71.3 Å². The van der Waals surface area contributed by atoms with E-state index in [0.717, 1.165) is 15.6 Å². The average Bonchev–Trinajstić information content (AvgIpc) is 3.66. The van der Waals surface area contributed by atoms with Crippen molar-refractivity contribution < 1.29 is 6.85 Å². The molecule has 1 aromatic heterocycles. The Morgan fingerprint density at radius 3 is 1.73 bits per heavy atom. The second-order valence-electron chi connectivity index (χ2n) is 13.9. The Kier molecular flexibility index (Phi) is 5.63. The molecular weight excluding hydrogens is 661 g/mol. The van der Waals surface area contributed by atoms with Crippen molar-refractivity contribution in [3.8, 4) is 11.1 Å². The minimum atomic E-state index is -3.69. The molecule has 2 atom stereocenters. The molecule has 2 bridgehead atoms. The van der Waals surface area contributed by atoms with Gasteiger partial charge in [0.1, 0.15) is 0 Å². The van der Waals surface area contributed by atoms with Gasteiger partial charge in [0.25, 0.3) is 0 Å². The molecule has 8 aromatic carbocycles. The molecule has 0 radical (unpaired) electrons. The first-order valence-corrected chi connectivity index (χ1v) is 20.7. The Labute approximate surface area is 316 Å². The van der Waals surface area contributed by atoms with Crippen LogP contribution < -0.4 is 20.7 Å². The molecule has 0 saturated heterocycles. The fraction of sp³-hybridized carbons (Fsp3) is 0.0400. The highest BCUT2D eigenvalue weighted by Gasteiger charge is 2.49. The first kappa shape index (κ1) is 25.2. The molecule has 244 valence electrons. The van der Waals surface area contributed by atoms with Crippen LogP contribution in [0.2, 0.25) is 0 Å². The van der Waals surface area contributed by atoms with E-state index in [0.29, 0.717) is 5.19 Å². The monoisotopic (exact) mass is 699 g/mol. The molecule has 3 aliphatic carbocycles. The summed E-state index contributed by atoms with van der Waals surface area (Å²) in [5.41, 5.74) is 9.99. The largest absolute Gasteiger partial charge is 0.179 e. The van der Waals surface area contributed by atoms with E-state index in [1.165, 1.54) is 64.7 Å². The molecule has 1 heterocycles. The molecule has 2 heteroatoms. The molecular formula is C50H34SSi. The smallest absolute Gasteiger partial charge is 0.135 e. The normalized spacial score (nSPS) is 17.0. The Morgan fingerprint density at radius 1 is 0.423 bits per heavy atom. The molecule has 0 N–H and O–H groups in total. The van der Waals surface area contributed by atoms with E-state index >= 15 is 0 Å². The summed E-state index contributed by atoms with van der Waals surface area (Å²) in [6.07, 6.45) is 0. The van der Waals surface area contributed by atoms with Crippen molar-refractivity contribution in [2.24, 2.45) is 0 Å². The molecule has 0 spiro atoms. The highest BCUT2D eigenvalue weighted by Crippen LogP contribution is 2.58. The van der Waals surface area contributed by atoms with E-state index in [4.69, 9.17) is 4.11 Å². The summed E-state index contributed by atoms with van der Waals surface area (Å²) in [7, 11) is -3.69. The average molecular weight is 700 g/mol. The number of hydrogen-bond donors (Lipinski definition) is 0. The van der Waals surface area contributed by atoms with Gasteiger partial charge in [0.2, 0.25) is 0 Å². The van der Waals surface area contributed by atoms with Crippen molar-refractivity contribution >= 4 is 60.3 Å². The minimum Gasteiger partial charge on any atom is -0.135 e. The maximum Gasteiger partial charge on any atom is 0.179 e. The lowest BCUT2D eigenvalue weighted by atomic mass is 9.60. The van der Waals surface area contributed by atoms with Gasteiger partial charge in [0.15, 0.2) is 8.07 Å². The minimum absolute atomic E-state index is 0.0454. The summed E-state index contributed by atoms with van der Waals surface area (Å²) >= 11 is 1.85. The van der Waals surface area contributed by atoms with E-state index < -0.39 is 8.07 Å². The van der Waals surface area contributed by atoms with Crippen molar-refractivity contribution in [3.05, 3.63) is 227 Å². The maximum absolute atomic E-state index is 9.65. The molecule has 12 rings (SSSR count). The Hall–Kier alpha value is -5.80. The van der Waals surface area contributed by atoms with Crippen molar-refractivity contribution in [1.82, 2.24) is 0 Å². The Balaban J connectivity index is 1.29. The van der Waals surface area contributed by atoms with Crippen LogP contribution in [0.15, 0.2) is 194 Å². The van der Waals surface area contributed by atoms with E-state index in [9.17, 15) is 2.74 Å². The van der Waals surface area contributed by atoms with E-state index in [2.05, 4.69) is 127 Å². The molecule has 0 aliphatic heterocycles. The van der Waals surface area contributed by atoms with Gasteiger partial charge < -0.3 is 0 Å². The zero-order chi connectivity index (χ0) is 38.6. The third-order valence-corrected chi connectivity index (χ3v) is 17.3. The topological polar surface area (TPSA) is 0 Å². The maximum atomic E-state index is 9.65. The highest BCUT2D eigenvalue weighted by molar-refractivity contribution is 7.26. The Morgan fingerprint density at radius 2 is 0.981 bits per heavy atom. The van der Waals surface area contributed by atoms with Crippen molar-refractivity contribution in [3.63, 3.8) is 0 Å². The molecule has 3 aliphatic rings. The zero-order valence-corrected chi connectivity index (χ0v) is 30.0. The second-order valence-corrected chi connectivity index (χ2v) is 18.6. The van der Waals surface area contributed by atoms with Gasteiger partial charge in [0.05, 0.1) is 6.85 Å². The van der Waals surface area contributed by atoms with Crippen molar-refractivity contribution in [2.45, 2.75) is 11.8 Å². The van der Waals surface area contributed by atoms with Crippen LogP contribution >= 0.6 is 11.3 Å². The first-order valence-electron chi connectivity index (χ1n) is 20.3. The van der Waals surface area contributed by atoms with Crippen LogP contribution in [-0.2, 0) is 0 Å². The van der Waals surface area contributed by atoms with Crippen LogP contribution in [0.5, 0.6) is 0 Å². The third-order valence-electron chi connectivity index (χ3n) is 11.5. The first-order chi connectivity index (χ1) is 27.9. The number of thiophene rings is 1. The van der Waals surface area contributed by atoms with Gasteiger partial charge in [0, 0.05) is 32.0 Å². The van der Waals surface area contributed by atoms with Gasteiger partial charge in [-0.2, -0.15) is 0 Å². The van der Waals surface area contributed by atoms with Crippen LogP contribution in [0.25, 0.3) is 31.3 Å². The second kappa shape index (κ2) is 11.6. The lowest BCUT2D eigenvalue weighted by molar-refractivity contribution is 0.760. The van der Waals surface area contributed by atoms with Gasteiger partial charge >= 0.3 is 0 Å². The lowest BCUT2D eigenvalue weighted by Gasteiger charge is -2.47. The van der Waals surface area contributed by atoms with Gasteiger partial charge in [-0.25, -0.2) is 0 Å². The van der Waals surface area contributed by atoms with Crippen LogP contribution in [0.3, 0.4) is 0 Å². The molecule has 52 heavy (non-hydrogen) atoms. The van der Waals surface area contributed by atoms with Crippen molar-refractivity contribution in [2.75, 3.05) is 0 Å². The molecule has 0 nitrogen and oxygen atoms in total. The summed E-state index contributed by atoms with van der Waals surface area (Å²) in [4.78, 5) is 0. The highest BCUT2D eigenvalue weighted by atomic mass is 32.1. The molecule has 0 saturated carbocycles. The number of hydrogen-bond acceptors (Lipinski definition) is 1. The van der Waals surface area contributed by atoms with Gasteiger partial charge in [-0.3, -0.25) is 0 Å². The molecule has 0 amide bonds. The lowest BCUT2D eigenvalue weighted by Crippen LogP contribution is -2.75. The summed E-state index contributed by atoms with van der Waals surface area (Å²) in [5.74, 6) is -0.215. The van der Waals surface area contributed by atoms with Crippen LogP contribution in [-0.4, -0.2) is 8.07 Å². The van der Waals surface area contributed by atoms with Crippen LogP contribution in [0.4, 0.5) is 0 Å². The van der Waals surface area contributed by atoms with Crippen LogP contribution in [0.1, 0.15) is 52.1 Å². The number of benzene rings is 8. The zero-order valence-electron chi connectivity index (χ0n) is 33.2. The van der Waals surface area contributed by atoms with E-state index in [1.54, 1.807) is 0 Å². The SMILES string of the molecule is [2H]c1c([2H])c([2H])c([Si](c2ccccc2)(c2ccccc2)c2cccc3c2C2c4ccccc4C3c3cccc(-c4cccc5c4sc4ccccc45)c32)c([2H])c1[2H]. The van der Waals surface area contributed by atoms with Crippen molar-refractivity contribution in [1.29, 1.82) is 0 Å². The summed E-state index contributed by atoms with van der Waals surface area (Å²) in [6, 6.07) is 56.8. The molecule has 2 unspecified atom stereocenters. The predicted octanol–water partition coefficient (Wildman–Crippen LogP) is 10.1. The van der Waals surface area contributed by atoms with Gasteiger partial charge in [-0.15, -0.1) is 11.3 Å². The standard InChI is InChI=1S/C50H34SSi/c1-4-17-33(18-5-1)52(34-19-6-2-7-20-34,35-21-8-3-9-22-35)45-32-16-30-43-46-37-24-10-11-25-38(37)49(48(43)45)47-39(26-14-29-42(46)47)41-28-15-27-40-36-23-12-13-31-44(36)51-50(40)41/h1-32,46,49H/i1D,4D,5D,17D,18D. The van der Waals surface area contributed by atoms with E-state index in [-0.39, 0.29) is 42.0 Å². The summed E-state index contributed by atoms with van der Waals surface area (Å²) in [5, 5.41) is 5.92. The van der Waals surface area contributed by atoms with Gasteiger partial charge in [-0.1, -0.05) is 188 Å². The predicted molar refractivity (Wildman–Crippen MR) is 223 cm³/mol. The molecule has 0 fully saturated rings. The van der Waals surface area contributed by atoms with E-state index in [1.807, 2.05) is 47.7 Å².